The van der Waals surface area contributed by atoms with Crippen molar-refractivity contribution >= 4 is 11.6 Å². The molecule has 0 heterocycles. The molecule has 0 saturated heterocycles. The summed E-state index contributed by atoms with van der Waals surface area (Å²) in [5.41, 5.74) is 0.594. The van der Waals surface area contributed by atoms with Gasteiger partial charge in [-0.1, -0.05) is 19.9 Å². The molecule has 0 radical (unpaired) electrons. The van der Waals surface area contributed by atoms with Crippen LogP contribution in [0.2, 0.25) is 0 Å². The molecule has 0 aliphatic rings. The van der Waals surface area contributed by atoms with Gasteiger partial charge in [-0.15, -0.1) is 0 Å². The lowest BCUT2D eigenvalue weighted by Gasteiger charge is -2.17. The Balaban J connectivity index is 2.42. The number of amides is 1. The maximum absolute atomic E-state index is 13.0. The number of nitrogens with zero attached hydrogens (tertiary/aromatic N) is 1. The largest absolute Gasteiger partial charge is 0.315 e. The summed E-state index contributed by atoms with van der Waals surface area (Å²) in [6.07, 6.45) is 1.25. The summed E-state index contributed by atoms with van der Waals surface area (Å²) in [5.74, 6) is -0.320. The molecule has 1 rings (SSSR count). The minimum atomic E-state index is -0.325. The van der Waals surface area contributed by atoms with Crippen molar-refractivity contribution in [1.29, 1.82) is 0 Å². The van der Waals surface area contributed by atoms with Gasteiger partial charge in [0.2, 0.25) is 5.91 Å². The van der Waals surface area contributed by atoms with Gasteiger partial charge in [-0.25, -0.2) is 4.39 Å². The minimum Gasteiger partial charge on any atom is -0.315 e. The van der Waals surface area contributed by atoms with Crippen LogP contribution in [-0.4, -0.2) is 25.5 Å². The highest BCUT2D eigenvalue weighted by Gasteiger charge is 2.10. The summed E-state index contributed by atoms with van der Waals surface area (Å²) in [6.45, 7) is 4.96. The molecule has 0 saturated carbocycles. The molecule has 4 heteroatoms. The second-order valence-corrected chi connectivity index (χ2v) is 4.65. The molecule has 0 unspecified atom stereocenters. The van der Waals surface area contributed by atoms with E-state index in [-0.39, 0.29) is 11.7 Å². The van der Waals surface area contributed by atoms with Gasteiger partial charge < -0.3 is 10.2 Å². The average molecular weight is 252 g/mol. The van der Waals surface area contributed by atoms with Crippen molar-refractivity contribution in [2.75, 3.05) is 18.5 Å². The van der Waals surface area contributed by atoms with Gasteiger partial charge in [-0.3, -0.25) is 4.79 Å². The lowest BCUT2D eigenvalue weighted by Crippen LogP contribution is -2.28. The van der Waals surface area contributed by atoms with Crippen molar-refractivity contribution in [1.82, 2.24) is 5.32 Å². The molecule has 0 fully saturated rings. The molecule has 0 bridgehead atoms. The van der Waals surface area contributed by atoms with Crippen LogP contribution in [-0.2, 0) is 4.79 Å². The first-order valence-corrected chi connectivity index (χ1v) is 6.26. The Morgan fingerprint density at radius 1 is 1.44 bits per heavy atom. The van der Waals surface area contributed by atoms with E-state index in [9.17, 15) is 9.18 Å². The van der Waals surface area contributed by atoms with Crippen LogP contribution < -0.4 is 10.2 Å². The Hall–Kier alpha value is -1.42. The van der Waals surface area contributed by atoms with E-state index in [1.54, 1.807) is 19.2 Å². The van der Waals surface area contributed by atoms with E-state index in [4.69, 9.17) is 0 Å². The quantitative estimate of drug-likeness (QED) is 0.789. The Labute approximate surface area is 108 Å². The highest BCUT2D eigenvalue weighted by molar-refractivity contribution is 5.92. The number of carbonyl (C=O) groups excluding carboxylic acids is 1. The van der Waals surface area contributed by atoms with Crippen molar-refractivity contribution in [3.8, 4) is 0 Å². The van der Waals surface area contributed by atoms with Gasteiger partial charge >= 0.3 is 0 Å². The third-order valence-electron chi connectivity index (χ3n) is 2.69. The monoisotopic (exact) mass is 252 g/mol. The molecule has 0 spiro atoms. The van der Waals surface area contributed by atoms with Gasteiger partial charge in [-0.2, -0.15) is 0 Å². The number of hydrogen-bond acceptors (Lipinski definition) is 2. The van der Waals surface area contributed by atoms with Crippen LogP contribution in [0.25, 0.3) is 0 Å². The highest BCUT2D eigenvalue weighted by Crippen LogP contribution is 2.15. The lowest BCUT2D eigenvalue weighted by molar-refractivity contribution is -0.118. The van der Waals surface area contributed by atoms with Gasteiger partial charge in [-0.05, 0) is 31.2 Å². The number of halogens is 1. The van der Waals surface area contributed by atoms with Crippen LogP contribution in [0.4, 0.5) is 10.1 Å². The molecular weight excluding hydrogens is 231 g/mol. The number of nitrogens with one attached hydrogen (secondary N) is 1. The predicted octanol–water partition coefficient (Wildman–Crippen LogP) is 2.57. The summed E-state index contributed by atoms with van der Waals surface area (Å²) in [5, 5.41) is 3.26. The normalized spacial score (nSPS) is 10.7. The van der Waals surface area contributed by atoms with Crippen molar-refractivity contribution in [2.45, 2.75) is 32.7 Å². The van der Waals surface area contributed by atoms with Gasteiger partial charge in [0, 0.05) is 25.2 Å². The average Bonchev–Trinajstić information content (AvgIpc) is 2.33. The van der Waals surface area contributed by atoms with Crippen molar-refractivity contribution in [3.05, 3.63) is 30.1 Å². The van der Waals surface area contributed by atoms with E-state index >= 15 is 0 Å². The third-order valence-corrected chi connectivity index (χ3v) is 2.69. The van der Waals surface area contributed by atoms with Crippen LogP contribution >= 0.6 is 0 Å². The Morgan fingerprint density at radius 2 is 2.17 bits per heavy atom. The Bertz CT molecular complexity index is 393. The number of carbonyl (C=O) groups is 1. The number of hydrogen-bond donors (Lipinski definition) is 1. The fraction of sp³-hybridized carbons (Fsp3) is 0.500. The third kappa shape index (κ3) is 4.84. The first-order chi connectivity index (χ1) is 8.50. The second-order valence-electron chi connectivity index (χ2n) is 4.65. The van der Waals surface area contributed by atoms with Crippen molar-refractivity contribution in [3.63, 3.8) is 0 Å². The number of anilines is 1. The van der Waals surface area contributed by atoms with E-state index < -0.39 is 0 Å². The molecule has 0 aliphatic carbocycles. The number of rotatable bonds is 6. The zero-order chi connectivity index (χ0) is 13.5. The first kappa shape index (κ1) is 14.6. The smallest absolute Gasteiger partial charge is 0.226 e. The van der Waals surface area contributed by atoms with Crippen LogP contribution in [0.1, 0.15) is 26.7 Å². The molecule has 1 aromatic rings. The molecule has 0 aromatic heterocycles. The maximum atomic E-state index is 13.0. The van der Waals surface area contributed by atoms with E-state index in [1.165, 1.54) is 17.0 Å². The van der Waals surface area contributed by atoms with Crippen molar-refractivity contribution < 1.29 is 9.18 Å². The topological polar surface area (TPSA) is 32.3 Å². The summed E-state index contributed by atoms with van der Waals surface area (Å²) in [7, 11) is 1.67. The SMILES string of the molecule is CC(C)NCCCC(=O)N(C)c1cccc(F)c1. The molecule has 1 N–H and O–H groups in total. The van der Waals surface area contributed by atoms with Gasteiger partial charge in [0.1, 0.15) is 5.82 Å². The lowest BCUT2D eigenvalue weighted by atomic mass is 10.2. The molecule has 18 heavy (non-hydrogen) atoms. The zero-order valence-electron chi connectivity index (χ0n) is 11.2. The number of benzene rings is 1. The molecule has 3 nitrogen and oxygen atoms in total. The molecule has 1 amide bonds. The maximum Gasteiger partial charge on any atom is 0.226 e. The predicted molar refractivity (Wildman–Crippen MR) is 72.2 cm³/mol. The molecule has 100 valence electrons. The fourth-order valence-electron chi connectivity index (χ4n) is 1.63. The van der Waals surface area contributed by atoms with Crippen LogP contribution in [0, 0.1) is 5.82 Å². The molecule has 1 aromatic carbocycles. The van der Waals surface area contributed by atoms with E-state index in [0.717, 1.165) is 13.0 Å². The molecule has 0 atom stereocenters. The van der Waals surface area contributed by atoms with Crippen molar-refractivity contribution in [2.24, 2.45) is 0 Å². The van der Waals surface area contributed by atoms with Crippen LogP contribution in [0.3, 0.4) is 0 Å². The molecule has 0 aliphatic heterocycles. The molecular formula is C14H21FN2O. The summed E-state index contributed by atoms with van der Waals surface area (Å²) in [4.78, 5) is 13.4. The standard InChI is InChI=1S/C14H21FN2O/c1-11(2)16-9-5-8-14(18)17(3)13-7-4-6-12(15)10-13/h4,6-7,10-11,16H,5,8-9H2,1-3H3. The minimum absolute atomic E-state index is 0.00570. The second kappa shape index (κ2) is 7.11. The van der Waals surface area contributed by atoms with E-state index in [2.05, 4.69) is 19.2 Å². The van der Waals surface area contributed by atoms with Gasteiger partial charge in [0.25, 0.3) is 0 Å². The van der Waals surface area contributed by atoms with E-state index in [1.807, 2.05) is 0 Å². The van der Waals surface area contributed by atoms with Crippen LogP contribution in [0.5, 0.6) is 0 Å². The fourth-order valence-corrected chi connectivity index (χ4v) is 1.63. The first-order valence-electron chi connectivity index (χ1n) is 6.26. The van der Waals surface area contributed by atoms with Crippen LogP contribution in [0.15, 0.2) is 24.3 Å². The summed E-state index contributed by atoms with van der Waals surface area (Å²) in [6, 6.07) is 6.50. The highest BCUT2D eigenvalue weighted by atomic mass is 19.1. The zero-order valence-corrected chi connectivity index (χ0v) is 11.2. The van der Waals surface area contributed by atoms with Gasteiger partial charge in [0.15, 0.2) is 0 Å². The Morgan fingerprint density at radius 3 is 2.78 bits per heavy atom. The Kier molecular flexibility index (Phi) is 5.78. The van der Waals surface area contributed by atoms with E-state index in [0.29, 0.717) is 18.2 Å². The summed E-state index contributed by atoms with van der Waals surface area (Å²) < 4.78 is 13.0. The van der Waals surface area contributed by atoms with Gasteiger partial charge in [0.05, 0.1) is 0 Å². The summed E-state index contributed by atoms with van der Waals surface area (Å²) >= 11 is 0.